The third-order valence-electron chi connectivity index (χ3n) is 4.04. The summed E-state index contributed by atoms with van der Waals surface area (Å²) in [4.78, 5) is 13.4. The topological polar surface area (TPSA) is 128 Å². The van der Waals surface area contributed by atoms with Crippen LogP contribution in [0.25, 0.3) is 11.2 Å². The molecule has 3 rings (SSSR count). The fourth-order valence-electron chi connectivity index (χ4n) is 2.63. The lowest BCUT2D eigenvalue weighted by atomic mass is 10.2. The predicted octanol–water partition coefficient (Wildman–Crippen LogP) is 2.22. The molecule has 2 heterocycles. The molecule has 9 heteroatoms. The first-order valence-corrected chi connectivity index (χ1v) is 8.76. The van der Waals surface area contributed by atoms with Crippen molar-refractivity contribution in [3.8, 4) is 11.5 Å². The van der Waals surface area contributed by atoms with Gasteiger partial charge in [0.15, 0.2) is 17.0 Å². The van der Waals surface area contributed by atoms with E-state index in [9.17, 15) is 15.3 Å². The molecule has 0 spiro atoms. The zero-order chi connectivity index (χ0) is 19.6. The largest absolute Gasteiger partial charge is 0.508 e. The van der Waals surface area contributed by atoms with E-state index in [4.69, 9.17) is 0 Å². The van der Waals surface area contributed by atoms with Gasteiger partial charge in [-0.25, -0.2) is 4.98 Å². The Morgan fingerprint density at radius 3 is 2.59 bits per heavy atom. The summed E-state index contributed by atoms with van der Waals surface area (Å²) in [6.07, 6.45) is 1.17. The number of anilines is 2. The highest BCUT2D eigenvalue weighted by molar-refractivity contribution is 5.84. The van der Waals surface area contributed by atoms with Crippen LogP contribution in [0.15, 0.2) is 24.5 Å². The van der Waals surface area contributed by atoms with E-state index in [0.717, 1.165) is 0 Å². The van der Waals surface area contributed by atoms with Crippen LogP contribution in [0.5, 0.6) is 11.5 Å². The molecule has 0 fully saturated rings. The highest BCUT2D eigenvalue weighted by Crippen LogP contribution is 2.26. The molecule has 0 saturated heterocycles. The molecule has 0 bridgehead atoms. The highest BCUT2D eigenvalue weighted by atomic mass is 16.3. The van der Waals surface area contributed by atoms with E-state index in [1.807, 2.05) is 18.4 Å². The maximum atomic E-state index is 9.96. The summed E-state index contributed by atoms with van der Waals surface area (Å²) in [6.45, 7) is 6.30. The Kier molecular flexibility index (Phi) is 5.31. The number of aliphatic hydroxyl groups excluding tert-OH is 1. The summed E-state index contributed by atoms with van der Waals surface area (Å²) in [7, 11) is 0. The fourth-order valence-corrected chi connectivity index (χ4v) is 2.63. The summed E-state index contributed by atoms with van der Waals surface area (Å²) in [5.74, 6) is 1.01. The number of hydrogen-bond acceptors (Lipinski definition) is 8. The minimum atomic E-state index is -0.542. The number of aromatic hydroxyl groups is 2. The number of aromatic nitrogens is 4. The van der Waals surface area contributed by atoms with Crippen LogP contribution in [0.1, 0.15) is 32.4 Å². The van der Waals surface area contributed by atoms with Gasteiger partial charge in [-0.3, -0.25) is 0 Å². The molecule has 2 aromatic heterocycles. The van der Waals surface area contributed by atoms with Crippen molar-refractivity contribution in [2.75, 3.05) is 17.2 Å². The van der Waals surface area contributed by atoms with Crippen LogP contribution in [0, 0.1) is 0 Å². The van der Waals surface area contributed by atoms with Crippen LogP contribution < -0.4 is 10.6 Å². The van der Waals surface area contributed by atoms with Gasteiger partial charge >= 0.3 is 0 Å². The Hall–Kier alpha value is -3.07. The van der Waals surface area contributed by atoms with Crippen LogP contribution >= 0.6 is 0 Å². The van der Waals surface area contributed by atoms with Crippen molar-refractivity contribution >= 4 is 22.9 Å². The van der Waals surface area contributed by atoms with E-state index in [1.165, 1.54) is 18.2 Å². The Morgan fingerprint density at radius 1 is 1.11 bits per heavy atom. The van der Waals surface area contributed by atoms with Gasteiger partial charge in [0.1, 0.15) is 11.5 Å². The predicted molar refractivity (Wildman–Crippen MR) is 103 cm³/mol. The molecule has 0 aliphatic rings. The van der Waals surface area contributed by atoms with Gasteiger partial charge in [-0.05, 0) is 39.0 Å². The molecule has 0 aliphatic carbocycles. The van der Waals surface area contributed by atoms with Gasteiger partial charge in [0.05, 0.1) is 12.4 Å². The summed E-state index contributed by atoms with van der Waals surface area (Å²) < 4.78 is 1.93. The molecule has 144 valence electrons. The molecule has 1 atom stereocenters. The molecule has 3 aromatic rings. The van der Waals surface area contributed by atoms with Crippen LogP contribution in [0.3, 0.4) is 0 Å². The number of phenols is 2. The van der Waals surface area contributed by atoms with E-state index < -0.39 is 6.10 Å². The van der Waals surface area contributed by atoms with E-state index in [0.29, 0.717) is 35.0 Å². The number of nitrogens with one attached hydrogen (secondary N) is 2. The summed E-state index contributed by atoms with van der Waals surface area (Å²) >= 11 is 0. The standard InChI is InChI=1S/C18H24N6O3/c1-10(2)24-9-21-15-16(19-8-12-6-13(26)4-5-14(12)27)22-18(23-17(15)24)20-7-11(3)25/h4-6,9-11,25-27H,7-8H2,1-3H3,(H2,19,20,22,23). The molecule has 5 N–H and O–H groups in total. The molecule has 0 amide bonds. The minimum Gasteiger partial charge on any atom is -0.508 e. The third kappa shape index (κ3) is 4.20. The highest BCUT2D eigenvalue weighted by Gasteiger charge is 2.15. The van der Waals surface area contributed by atoms with Gasteiger partial charge < -0.3 is 30.5 Å². The first-order valence-electron chi connectivity index (χ1n) is 8.76. The van der Waals surface area contributed by atoms with Gasteiger partial charge in [0.25, 0.3) is 0 Å². The number of benzene rings is 1. The Bertz CT molecular complexity index is 938. The van der Waals surface area contributed by atoms with Gasteiger partial charge in [-0.2, -0.15) is 9.97 Å². The zero-order valence-electron chi connectivity index (χ0n) is 15.5. The number of rotatable bonds is 7. The Labute approximate surface area is 156 Å². The second-order valence-corrected chi connectivity index (χ2v) is 6.71. The molecule has 0 radical (unpaired) electrons. The summed E-state index contributed by atoms with van der Waals surface area (Å²) in [5.41, 5.74) is 1.80. The van der Waals surface area contributed by atoms with Crippen molar-refractivity contribution in [3.05, 3.63) is 30.1 Å². The van der Waals surface area contributed by atoms with E-state index >= 15 is 0 Å². The van der Waals surface area contributed by atoms with Gasteiger partial charge in [-0.15, -0.1) is 0 Å². The molecule has 0 aliphatic heterocycles. The number of nitrogens with zero attached hydrogens (tertiary/aromatic N) is 4. The van der Waals surface area contributed by atoms with E-state index in [2.05, 4.69) is 25.6 Å². The lowest BCUT2D eigenvalue weighted by Gasteiger charge is -2.13. The normalized spacial score (nSPS) is 12.5. The number of imidazole rings is 1. The van der Waals surface area contributed by atoms with E-state index in [1.54, 1.807) is 13.3 Å². The lowest BCUT2D eigenvalue weighted by molar-refractivity contribution is 0.208. The van der Waals surface area contributed by atoms with Gasteiger partial charge in [0, 0.05) is 24.7 Å². The molecule has 1 aromatic carbocycles. The van der Waals surface area contributed by atoms with Crippen molar-refractivity contribution in [2.45, 2.75) is 39.5 Å². The molecule has 0 saturated carbocycles. The zero-order valence-corrected chi connectivity index (χ0v) is 15.5. The summed E-state index contributed by atoms with van der Waals surface area (Å²) in [5, 5.41) is 35.2. The average molecular weight is 372 g/mol. The number of fused-ring (bicyclic) bond motifs is 1. The minimum absolute atomic E-state index is 0.0702. The quantitative estimate of drug-likeness (QED) is 0.399. The second-order valence-electron chi connectivity index (χ2n) is 6.71. The Balaban J connectivity index is 1.95. The van der Waals surface area contributed by atoms with E-state index in [-0.39, 0.29) is 24.1 Å². The van der Waals surface area contributed by atoms with Crippen molar-refractivity contribution in [1.29, 1.82) is 0 Å². The van der Waals surface area contributed by atoms with Crippen LogP contribution in [0.2, 0.25) is 0 Å². The second kappa shape index (κ2) is 7.67. The lowest BCUT2D eigenvalue weighted by Crippen LogP contribution is -2.17. The number of aliphatic hydroxyl groups is 1. The van der Waals surface area contributed by atoms with Crippen LogP contribution in [-0.2, 0) is 6.54 Å². The maximum absolute atomic E-state index is 9.96. The summed E-state index contributed by atoms with van der Waals surface area (Å²) in [6, 6.07) is 4.51. The third-order valence-corrected chi connectivity index (χ3v) is 4.04. The SMILES string of the molecule is CC(O)CNc1nc(NCc2cc(O)ccc2O)c2ncn(C(C)C)c2n1. The number of phenolic OH excluding ortho intramolecular Hbond substituents is 2. The van der Waals surface area contributed by atoms with Crippen molar-refractivity contribution < 1.29 is 15.3 Å². The van der Waals surface area contributed by atoms with Crippen LogP contribution in [0.4, 0.5) is 11.8 Å². The van der Waals surface area contributed by atoms with Crippen LogP contribution in [-0.4, -0.2) is 47.5 Å². The maximum Gasteiger partial charge on any atom is 0.226 e. The molecule has 9 nitrogen and oxygen atoms in total. The smallest absolute Gasteiger partial charge is 0.226 e. The molecule has 1 unspecified atom stereocenters. The van der Waals surface area contributed by atoms with Crippen molar-refractivity contribution in [2.24, 2.45) is 0 Å². The average Bonchev–Trinajstić information content (AvgIpc) is 3.04. The molecular formula is C18H24N6O3. The molecular weight excluding hydrogens is 348 g/mol. The van der Waals surface area contributed by atoms with Gasteiger partial charge in [0.2, 0.25) is 5.95 Å². The molecule has 27 heavy (non-hydrogen) atoms. The fraction of sp³-hybridized carbons (Fsp3) is 0.389. The Morgan fingerprint density at radius 2 is 1.89 bits per heavy atom. The number of hydrogen-bond donors (Lipinski definition) is 5. The monoisotopic (exact) mass is 372 g/mol. The van der Waals surface area contributed by atoms with Crippen molar-refractivity contribution in [1.82, 2.24) is 19.5 Å². The first-order chi connectivity index (χ1) is 12.8. The first kappa shape index (κ1) is 18.7. The van der Waals surface area contributed by atoms with Gasteiger partial charge in [-0.1, -0.05) is 0 Å². The van der Waals surface area contributed by atoms with Crippen molar-refractivity contribution in [3.63, 3.8) is 0 Å².